The van der Waals surface area contributed by atoms with E-state index in [-0.39, 0.29) is 5.69 Å². The summed E-state index contributed by atoms with van der Waals surface area (Å²) in [5.41, 5.74) is 2.25. The Morgan fingerprint density at radius 2 is 1.50 bits per heavy atom. The summed E-state index contributed by atoms with van der Waals surface area (Å²) in [5, 5.41) is 13.2. The van der Waals surface area contributed by atoms with E-state index in [9.17, 15) is 19.7 Å². The molecular formula is C24H19N3O5. The maximum atomic E-state index is 13.6. The van der Waals surface area contributed by atoms with Gasteiger partial charge in [-0.15, -0.1) is 0 Å². The maximum Gasteiger partial charge on any atom is 0.274 e. The number of rotatable bonds is 4. The molecule has 2 aliphatic heterocycles. The summed E-state index contributed by atoms with van der Waals surface area (Å²) in [6.45, 7) is 1.91. The van der Waals surface area contributed by atoms with E-state index < -0.39 is 34.8 Å². The number of nitro benzene ring substituents is 1. The van der Waals surface area contributed by atoms with Crippen LogP contribution in [0.2, 0.25) is 0 Å². The highest BCUT2D eigenvalue weighted by atomic mass is 16.7. The van der Waals surface area contributed by atoms with Gasteiger partial charge in [0, 0.05) is 6.07 Å². The monoisotopic (exact) mass is 429 g/mol. The van der Waals surface area contributed by atoms with Gasteiger partial charge in [-0.3, -0.25) is 24.5 Å². The second-order valence-corrected chi connectivity index (χ2v) is 7.82. The van der Waals surface area contributed by atoms with E-state index in [0.29, 0.717) is 16.9 Å². The van der Waals surface area contributed by atoms with Crippen LogP contribution in [0.25, 0.3) is 0 Å². The number of anilines is 2. The van der Waals surface area contributed by atoms with Gasteiger partial charge in [-0.05, 0) is 37.3 Å². The van der Waals surface area contributed by atoms with Crippen molar-refractivity contribution in [3.63, 3.8) is 0 Å². The van der Waals surface area contributed by atoms with Gasteiger partial charge in [0.1, 0.15) is 12.0 Å². The molecule has 3 aromatic rings. The molecule has 2 amide bonds. The Kier molecular flexibility index (Phi) is 4.71. The van der Waals surface area contributed by atoms with Gasteiger partial charge in [0.15, 0.2) is 6.10 Å². The average molecular weight is 429 g/mol. The van der Waals surface area contributed by atoms with Gasteiger partial charge in [0.2, 0.25) is 5.91 Å². The number of imide groups is 1. The zero-order valence-electron chi connectivity index (χ0n) is 17.1. The fourth-order valence-electron chi connectivity index (χ4n) is 4.38. The Morgan fingerprint density at radius 1 is 0.844 bits per heavy atom. The van der Waals surface area contributed by atoms with Gasteiger partial charge >= 0.3 is 0 Å². The van der Waals surface area contributed by atoms with E-state index >= 15 is 0 Å². The summed E-state index contributed by atoms with van der Waals surface area (Å²) in [5.74, 6) is -1.85. The zero-order valence-corrected chi connectivity index (χ0v) is 17.1. The van der Waals surface area contributed by atoms with Crippen LogP contribution in [-0.2, 0) is 14.4 Å². The molecule has 5 rings (SSSR count). The highest BCUT2D eigenvalue weighted by Crippen LogP contribution is 2.49. The molecule has 8 heteroatoms. The molecule has 2 aliphatic rings. The van der Waals surface area contributed by atoms with E-state index in [2.05, 4.69) is 0 Å². The van der Waals surface area contributed by atoms with E-state index in [4.69, 9.17) is 4.84 Å². The molecule has 2 fully saturated rings. The molecule has 2 heterocycles. The number of nitrogens with zero attached hydrogens (tertiary/aromatic N) is 3. The number of nitro groups is 1. The summed E-state index contributed by atoms with van der Waals surface area (Å²) >= 11 is 0. The van der Waals surface area contributed by atoms with Gasteiger partial charge in [-0.2, -0.15) is 0 Å². The zero-order chi connectivity index (χ0) is 22.4. The number of hydrogen-bond donors (Lipinski definition) is 0. The molecule has 0 spiro atoms. The summed E-state index contributed by atoms with van der Waals surface area (Å²) in [6.07, 6.45) is -1.08. The van der Waals surface area contributed by atoms with Crippen LogP contribution in [0.15, 0.2) is 78.9 Å². The van der Waals surface area contributed by atoms with E-state index in [0.717, 1.165) is 10.5 Å². The normalized spacial score (nSPS) is 22.3. The molecule has 0 aromatic heterocycles. The molecule has 32 heavy (non-hydrogen) atoms. The van der Waals surface area contributed by atoms with Crippen LogP contribution in [0.5, 0.6) is 0 Å². The Hall–Kier alpha value is -4.04. The fraction of sp³-hybridized carbons (Fsp3) is 0.167. The minimum atomic E-state index is -1.08. The lowest BCUT2D eigenvalue weighted by Gasteiger charge is -2.28. The van der Waals surface area contributed by atoms with Crippen molar-refractivity contribution < 1.29 is 19.3 Å². The van der Waals surface area contributed by atoms with Gasteiger partial charge in [-0.25, -0.2) is 9.96 Å². The van der Waals surface area contributed by atoms with Gasteiger partial charge in [0.05, 0.1) is 21.9 Å². The van der Waals surface area contributed by atoms with Crippen molar-refractivity contribution in [1.82, 2.24) is 0 Å². The van der Waals surface area contributed by atoms with Crippen LogP contribution in [0, 0.1) is 23.0 Å². The number of amides is 2. The van der Waals surface area contributed by atoms with Crippen molar-refractivity contribution in [2.24, 2.45) is 5.92 Å². The molecule has 0 saturated carbocycles. The Balaban J connectivity index is 1.63. The van der Waals surface area contributed by atoms with Crippen LogP contribution in [-0.4, -0.2) is 22.8 Å². The van der Waals surface area contributed by atoms with Crippen LogP contribution in [0.3, 0.4) is 0 Å². The Bertz CT molecular complexity index is 1210. The number of carbonyl (C=O) groups is 2. The van der Waals surface area contributed by atoms with Crippen molar-refractivity contribution in [3.05, 3.63) is 100 Å². The number of fused-ring (bicyclic) bond motifs is 1. The van der Waals surface area contributed by atoms with Crippen LogP contribution in [0.4, 0.5) is 17.1 Å². The standard InChI is InChI=1S/C24H19N3O5/c1-15-11-13-16(14-12-15)25-23(28)20-21(18-9-5-6-10-19(18)27(30)31)26(32-22(20)24(25)29)17-7-3-2-4-8-17/h2-14,20-22H,1H3/t20-,21-,22+/m0/s1. The summed E-state index contributed by atoms with van der Waals surface area (Å²) in [4.78, 5) is 45.3. The second kappa shape index (κ2) is 7.58. The third kappa shape index (κ3) is 3.04. The van der Waals surface area contributed by atoms with E-state index in [1.807, 2.05) is 25.1 Å². The van der Waals surface area contributed by atoms with Gasteiger partial charge in [0.25, 0.3) is 11.6 Å². The first-order chi connectivity index (χ1) is 15.5. The summed E-state index contributed by atoms with van der Waals surface area (Å²) in [6, 6.07) is 21.4. The van der Waals surface area contributed by atoms with Crippen molar-refractivity contribution in [2.75, 3.05) is 9.96 Å². The largest absolute Gasteiger partial charge is 0.274 e. The average Bonchev–Trinajstić information content (AvgIpc) is 3.31. The molecule has 0 bridgehead atoms. The lowest BCUT2D eigenvalue weighted by molar-refractivity contribution is -0.385. The van der Waals surface area contributed by atoms with E-state index in [1.165, 1.54) is 11.1 Å². The summed E-state index contributed by atoms with van der Waals surface area (Å²) < 4.78 is 0. The van der Waals surface area contributed by atoms with Crippen LogP contribution in [0.1, 0.15) is 17.2 Å². The molecule has 0 unspecified atom stereocenters. The minimum Gasteiger partial charge on any atom is -0.273 e. The highest BCUT2D eigenvalue weighted by molar-refractivity contribution is 6.24. The van der Waals surface area contributed by atoms with Crippen molar-refractivity contribution in [2.45, 2.75) is 19.1 Å². The molecule has 160 valence electrons. The smallest absolute Gasteiger partial charge is 0.273 e. The molecular weight excluding hydrogens is 410 g/mol. The van der Waals surface area contributed by atoms with E-state index in [1.54, 1.807) is 54.6 Å². The van der Waals surface area contributed by atoms with Crippen molar-refractivity contribution >= 4 is 28.9 Å². The predicted octanol–water partition coefficient (Wildman–Crippen LogP) is 3.95. The van der Waals surface area contributed by atoms with Gasteiger partial charge in [-0.1, -0.05) is 48.0 Å². The molecule has 2 saturated heterocycles. The molecule has 0 aliphatic carbocycles. The third-order valence-electron chi connectivity index (χ3n) is 5.87. The molecule has 3 aromatic carbocycles. The number of benzene rings is 3. The third-order valence-corrected chi connectivity index (χ3v) is 5.87. The quantitative estimate of drug-likeness (QED) is 0.354. The highest BCUT2D eigenvalue weighted by Gasteiger charge is 2.61. The molecule has 3 atom stereocenters. The first-order valence-corrected chi connectivity index (χ1v) is 10.2. The predicted molar refractivity (Wildman–Crippen MR) is 117 cm³/mol. The van der Waals surface area contributed by atoms with Crippen molar-refractivity contribution in [3.8, 4) is 0 Å². The number of hydroxylamine groups is 1. The molecule has 0 N–H and O–H groups in total. The van der Waals surface area contributed by atoms with Crippen LogP contribution >= 0.6 is 0 Å². The number of hydrogen-bond acceptors (Lipinski definition) is 6. The maximum absolute atomic E-state index is 13.6. The molecule has 8 nitrogen and oxygen atoms in total. The first-order valence-electron chi connectivity index (χ1n) is 10.2. The lowest BCUT2D eigenvalue weighted by Crippen LogP contribution is -2.37. The minimum absolute atomic E-state index is 0.128. The number of aryl methyl sites for hydroxylation is 1. The molecule has 0 radical (unpaired) electrons. The number of para-hydroxylation sites is 2. The first kappa shape index (κ1) is 19.9. The lowest BCUT2D eigenvalue weighted by atomic mass is 9.89. The second-order valence-electron chi connectivity index (χ2n) is 7.82. The number of carbonyl (C=O) groups excluding carboxylic acids is 2. The van der Waals surface area contributed by atoms with Gasteiger partial charge < -0.3 is 0 Å². The Labute approximate surface area is 183 Å². The topological polar surface area (TPSA) is 93.0 Å². The van der Waals surface area contributed by atoms with Crippen LogP contribution < -0.4 is 9.96 Å². The fourth-order valence-corrected chi connectivity index (χ4v) is 4.38. The SMILES string of the molecule is Cc1ccc(N2C(=O)[C@@H]3[C@@H](ON(c4ccccc4)[C@H]3c3ccccc3[N+](=O)[O-])C2=O)cc1. The van der Waals surface area contributed by atoms with Crippen molar-refractivity contribution in [1.29, 1.82) is 0 Å². The summed E-state index contributed by atoms with van der Waals surface area (Å²) in [7, 11) is 0. The Morgan fingerprint density at radius 3 is 2.19 bits per heavy atom.